The highest BCUT2D eigenvalue weighted by molar-refractivity contribution is 7.99. The maximum atomic E-state index is 12.0. The summed E-state index contributed by atoms with van der Waals surface area (Å²) in [4.78, 5) is 12.0. The van der Waals surface area contributed by atoms with Crippen molar-refractivity contribution in [1.82, 2.24) is 10.2 Å². The van der Waals surface area contributed by atoms with E-state index in [9.17, 15) is 4.79 Å². The second-order valence-corrected chi connectivity index (χ2v) is 5.26. The van der Waals surface area contributed by atoms with Gasteiger partial charge in [-0.05, 0) is 0 Å². The molecule has 2 aromatic rings. The lowest BCUT2D eigenvalue weighted by atomic mass is 10.2. The molecule has 0 spiro atoms. The number of carbonyl (C=O) groups excluding carboxylic acids is 1. The van der Waals surface area contributed by atoms with Crippen molar-refractivity contribution in [3.05, 3.63) is 18.0 Å². The lowest BCUT2D eigenvalue weighted by Crippen LogP contribution is -2.14. The first-order valence-electron chi connectivity index (χ1n) is 6.60. The highest BCUT2D eigenvalue weighted by Crippen LogP contribution is 2.39. The zero-order valence-electron chi connectivity index (χ0n) is 13.2. The molecule has 1 aromatic heterocycles. The summed E-state index contributed by atoms with van der Waals surface area (Å²) in [6.45, 7) is 1.69. The van der Waals surface area contributed by atoms with Crippen molar-refractivity contribution in [2.45, 2.75) is 12.1 Å². The molecule has 0 aliphatic rings. The Morgan fingerprint density at radius 2 is 1.83 bits per heavy atom. The molecule has 1 aromatic carbocycles. The van der Waals surface area contributed by atoms with Crippen LogP contribution in [0.3, 0.4) is 0 Å². The molecule has 0 atom stereocenters. The third kappa shape index (κ3) is 4.28. The van der Waals surface area contributed by atoms with Crippen LogP contribution in [0.4, 0.5) is 5.69 Å². The first-order valence-corrected chi connectivity index (χ1v) is 7.58. The van der Waals surface area contributed by atoms with Crippen molar-refractivity contribution < 1.29 is 23.4 Å². The van der Waals surface area contributed by atoms with Crippen LogP contribution in [-0.2, 0) is 4.79 Å². The van der Waals surface area contributed by atoms with Crippen LogP contribution >= 0.6 is 11.8 Å². The monoisotopic (exact) mass is 339 g/mol. The van der Waals surface area contributed by atoms with Crippen LogP contribution < -0.4 is 19.5 Å². The number of amides is 1. The maximum absolute atomic E-state index is 12.0. The number of methoxy groups -OCH3 is 3. The summed E-state index contributed by atoms with van der Waals surface area (Å²) in [5, 5.41) is 10.6. The zero-order chi connectivity index (χ0) is 16.8. The topological polar surface area (TPSA) is 95.7 Å². The first-order chi connectivity index (χ1) is 11.1. The number of ether oxygens (including phenoxy) is 3. The molecule has 0 fully saturated rings. The van der Waals surface area contributed by atoms with Crippen molar-refractivity contribution in [2.75, 3.05) is 32.4 Å². The molecule has 1 heterocycles. The highest BCUT2D eigenvalue weighted by atomic mass is 32.2. The van der Waals surface area contributed by atoms with Crippen molar-refractivity contribution in [1.29, 1.82) is 0 Å². The van der Waals surface area contributed by atoms with Gasteiger partial charge in [-0.25, -0.2) is 0 Å². The van der Waals surface area contributed by atoms with Crippen LogP contribution in [0.2, 0.25) is 0 Å². The molecule has 9 heteroatoms. The SMILES string of the molecule is COc1cc(NC(=O)CSc2nnc(C)o2)cc(OC)c1OC. The zero-order valence-corrected chi connectivity index (χ0v) is 14.0. The second kappa shape index (κ2) is 7.73. The molecule has 0 aliphatic heterocycles. The fourth-order valence-electron chi connectivity index (χ4n) is 1.81. The normalized spacial score (nSPS) is 10.3. The lowest BCUT2D eigenvalue weighted by molar-refractivity contribution is -0.113. The van der Waals surface area contributed by atoms with Gasteiger partial charge in [0.15, 0.2) is 11.5 Å². The summed E-state index contributed by atoms with van der Waals surface area (Å²) in [5.74, 6) is 1.75. The van der Waals surface area contributed by atoms with Crippen LogP contribution in [0.1, 0.15) is 5.89 Å². The molecule has 0 saturated carbocycles. The number of hydrogen-bond donors (Lipinski definition) is 1. The summed E-state index contributed by atoms with van der Waals surface area (Å²) in [7, 11) is 4.54. The number of carbonyl (C=O) groups is 1. The molecule has 1 amide bonds. The number of thioether (sulfide) groups is 1. The van der Waals surface area contributed by atoms with Crippen LogP contribution in [0.15, 0.2) is 21.8 Å². The predicted octanol–water partition coefficient (Wildman–Crippen LogP) is 2.13. The summed E-state index contributed by atoms with van der Waals surface area (Å²) in [5.41, 5.74) is 0.534. The Morgan fingerprint density at radius 1 is 1.17 bits per heavy atom. The maximum Gasteiger partial charge on any atom is 0.277 e. The number of nitrogens with one attached hydrogen (secondary N) is 1. The Bertz CT molecular complexity index is 664. The summed E-state index contributed by atoms with van der Waals surface area (Å²) >= 11 is 1.16. The third-order valence-corrected chi connectivity index (χ3v) is 3.60. The number of hydrogen-bond acceptors (Lipinski definition) is 8. The Kier molecular flexibility index (Phi) is 5.69. The van der Waals surface area contributed by atoms with Crippen molar-refractivity contribution in [3.8, 4) is 17.2 Å². The molecule has 0 radical (unpaired) electrons. The molecule has 0 bridgehead atoms. The van der Waals surface area contributed by atoms with Gasteiger partial charge in [0.05, 0.1) is 27.1 Å². The fraction of sp³-hybridized carbons (Fsp3) is 0.357. The summed E-state index contributed by atoms with van der Waals surface area (Å²) in [6.07, 6.45) is 0. The number of nitrogens with zero attached hydrogens (tertiary/aromatic N) is 2. The average molecular weight is 339 g/mol. The van der Waals surface area contributed by atoms with Gasteiger partial charge in [-0.15, -0.1) is 10.2 Å². The van der Waals surface area contributed by atoms with Gasteiger partial charge in [0.2, 0.25) is 17.5 Å². The van der Waals surface area contributed by atoms with Crippen molar-refractivity contribution >= 4 is 23.4 Å². The van der Waals surface area contributed by atoms with Gasteiger partial charge in [0.25, 0.3) is 5.22 Å². The summed E-state index contributed by atoms with van der Waals surface area (Å²) in [6, 6.07) is 3.31. The third-order valence-electron chi connectivity index (χ3n) is 2.78. The van der Waals surface area contributed by atoms with Gasteiger partial charge < -0.3 is 23.9 Å². The molecular formula is C14H17N3O5S. The molecule has 2 rings (SSSR count). The van der Waals surface area contributed by atoms with Gasteiger partial charge >= 0.3 is 0 Å². The molecular weight excluding hydrogens is 322 g/mol. The van der Waals surface area contributed by atoms with E-state index in [4.69, 9.17) is 18.6 Å². The number of anilines is 1. The first kappa shape index (κ1) is 16.9. The second-order valence-electron chi connectivity index (χ2n) is 4.34. The molecule has 1 N–H and O–H groups in total. The van der Waals surface area contributed by atoms with E-state index in [1.54, 1.807) is 19.1 Å². The van der Waals surface area contributed by atoms with Crippen LogP contribution in [0.5, 0.6) is 17.2 Å². The van der Waals surface area contributed by atoms with E-state index < -0.39 is 0 Å². The van der Waals surface area contributed by atoms with Crippen LogP contribution in [-0.4, -0.2) is 43.2 Å². The van der Waals surface area contributed by atoms with E-state index in [0.29, 0.717) is 34.0 Å². The Balaban J connectivity index is 2.05. The lowest BCUT2D eigenvalue weighted by Gasteiger charge is -2.14. The van der Waals surface area contributed by atoms with E-state index in [-0.39, 0.29) is 11.7 Å². The van der Waals surface area contributed by atoms with E-state index in [0.717, 1.165) is 11.8 Å². The Morgan fingerprint density at radius 3 is 2.30 bits per heavy atom. The van der Waals surface area contributed by atoms with Gasteiger partial charge in [-0.3, -0.25) is 4.79 Å². The largest absolute Gasteiger partial charge is 0.493 e. The number of aryl methyl sites for hydroxylation is 1. The summed E-state index contributed by atoms with van der Waals surface area (Å²) < 4.78 is 20.9. The van der Waals surface area contributed by atoms with E-state index in [1.807, 2.05) is 0 Å². The minimum absolute atomic E-state index is 0.137. The Labute approximate surface area is 137 Å². The van der Waals surface area contributed by atoms with Gasteiger partial charge in [0, 0.05) is 24.7 Å². The number of aromatic nitrogens is 2. The highest BCUT2D eigenvalue weighted by Gasteiger charge is 2.15. The van der Waals surface area contributed by atoms with E-state index in [1.165, 1.54) is 21.3 Å². The van der Waals surface area contributed by atoms with Crippen LogP contribution in [0, 0.1) is 6.92 Å². The molecule has 0 aliphatic carbocycles. The molecule has 124 valence electrons. The Hall–Kier alpha value is -2.42. The minimum Gasteiger partial charge on any atom is -0.493 e. The van der Waals surface area contributed by atoms with E-state index in [2.05, 4.69) is 15.5 Å². The smallest absolute Gasteiger partial charge is 0.277 e. The van der Waals surface area contributed by atoms with Crippen LogP contribution in [0.25, 0.3) is 0 Å². The van der Waals surface area contributed by atoms with Gasteiger partial charge in [-0.1, -0.05) is 11.8 Å². The van der Waals surface area contributed by atoms with E-state index >= 15 is 0 Å². The quantitative estimate of drug-likeness (QED) is 0.767. The molecule has 0 unspecified atom stereocenters. The van der Waals surface area contributed by atoms with Crippen molar-refractivity contribution in [2.24, 2.45) is 0 Å². The fourth-order valence-corrected chi connectivity index (χ4v) is 2.42. The van der Waals surface area contributed by atoms with Crippen molar-refractivity contribution in [3.63, 3.8) is 0 Å². The number of benzene rings is 1. The predicted molar refractivity (Wildman–Crippen MR) is 84.5 cm³/mol. The molecule has 0 saturated heterocycles. The number of rotatable bonds is 7. The van der Waals surface area contributed by atoms with Gasteiger partial charge in [0.1, 0.15) is 0 Å². The minimum atomic E-state index is -0.222. The standard InChI is InChI=1S/C14H17N3O5S/c1-8-16-17-14(22-8)23-7-12(18)15-9-5-10(19-2)13(21-4)11(6-9)20-3/h5-6H,7H2,1-4H3,(H,15,18). The molecule has 23 heavy (non-hydrogen) atoms. The average Bonchev–Trinajstić information content (AvgIpc) is 2.97. The van der Waals surface area contributed by atoms with Gasteiger partial charge in [-0.2, -0.15) is 0 Å². The molecule has 8 nitrogen and oxygen atoms in total.